The molecule has 0 spiro atoms. The van der Waals surface area contributed by atoms with E-state index < -0.39 is 60.7 Å². The second kappa shape index (κ2) is 13.0. The lowest BCUT2D eigenvalue weighted by atomic mass is 10.0. The third kappa shape index (κ3) is 7.90. The number of H-pyrrole nitrogens is 1. The number of carbonyl (C=O) groups is 5. The van der Waals surface area contributed by atoms with Gasteiger partial charge in [0.15, 0.2) is 0 Å². The number of benzene rings is 2. The highest BCUT2D eigenvalue weighted by Crippen LogP contribution is 2.19. The van der Waals surface area contributed by atoms with Crippen molar-refractivity contribution < 1.29 is 29.1 Å². The van der Waals surface area contributed by atoms with Crippen molar-refractivity contribution in [2.45, 2.75) is 37.4 Å². The number of para-hydroxylation sites is 1. The summed E-state index contributed by atoms with van der Waals surface area (Å²) < 4.78 is 0. The second-order valence-electron chi connectivity index (χ2n) is 8.76. The van der Waals surface area contributed by atoms with E-state index in [1.807, 2.05) is 30.3 Å². The number of amides is 4. The highest BCUT2D eigenvalue weighted by molar-refractivity contribution is 5.96. The van der Waals surface area contributed by atoms with Gasteiger partial charge < -0.3 is 37.5 Å². The Hall–Kier alpha value is -4.71. The van der Waals surface area contributed by atoms with Gasteiger partial charge in [-0.25, -0.2) is 0 Å². The Bertz CT molecular complexity index is 1310. The predicted octanol–water partition coefficient (Wildman–Crippen LogP) is -0.674. The number of carboxylic acids is 1. The van der Waals surface area contributed by atoms with Crippen molar-refractivity contribution >= 4 is 40.5 Å². The number of aromatic nitrogens is 1. The van der Waals surface area contributed by atoms with Gasteiger partial charge in [-0.2, -0.15) is 0 Å². The molecule has 12 heteroatoms. The minimum Gasteiger partial charge on any atom is -0.480 e. The fourth-order valence-electron chi connectivity index (χ4n) is 3.94. The molecule has 3 atom stereocenters. The van der Waals surface area contributed by atoms with Crippen LogP contribution < -0.4 is 27.4 Å². The quantitative estimate of drug-likeness (QED) is 0.154. The van der Waals surface area contributed by atoms with Crippen LogP contribution in [0.1, 0.15) is 17.5 Å². The SMILES string of the molecule is NC(=O)CC(NC(=O)C(N)Cc1ccccc1)C(=O)NC(Cc1c[nH]c2ccccc12)C(=O)NCC(=O)O. The van der Waals surface area contributed by atoms with E-state index in [-0.39, 0.29) is 12.8 Å². The number of carbonyl (C=O) groups excluding carboxylic acids is 4. The Morgan fingerprint density at radius 3 is 2.18 bits per heavy atom. The summed E-state index contributed by atoms with van der Waals surface area (Å²) in [6, 6.07) is 12.7. The fraction of sp³-hybridized carbons (Fsp3) is 0.269. The summed E-state index contributed by atoms with van der Waals surface area (Å²) in [5.74, 6) is -4.40. The first kappa shape index (κ1) is 27.9. The second-order valence-corrected chi connectivity index (χ2v) is 8.76. The monoisotopic (exact) mass is 522 g/mol. The number of hydrogen-bond acceptors (Lipinski definition) is 6. The number of primary amides is 1. The molecule has 0 saturated carbocycles. The minimum atomic E-state index is -1.40. The van der Waals surface area contributed by atoms with E-state index in [0.717, 1.165) is 16.5 Å². The normalized spacial score (nSPS) is 13.2. The summed E-state index contributed by atoms with van der Waals surface area (Å²) in [6.07, 6.45) is 1.34. The number of nitrogens with one attached hydrogen (secondary N) is 4. The summed E-state index contributed by atoms with van der Waals surface area (Å²) in [4.78, 5) is 64.4. The van der Waals surface area contributed by atoms with E-state index in [1.54, 1.807) is 30.5 Å². The molecule has 1 heterocycles. The summed E-state index contributed by atoms with van der Waals surface area (Å²) in [6.45, 7) is -0.658. The number of hydrogen-bond donors (Lipinski definition) is 7. The number of aromatic amines is 1. The highest BCUT2D eigenvalue weighted by Gasteiger charge is 2.30. The molecule has 0 saturated heterocycles. The molecule has 38 heavy (non-hydrogen) atoms. The standard InChI is InChI=1S/C26H30N6O6/c27-18(10-15-6-2-1-3-7-15)24(36)31-21(12-22(28)33)26(38)32-20(25(37)30-14-23(34)35)11-16-13-29-19-9-5-4-8-17(16)19/h1-9,13,18,20-21,29H,10-12,14,27H2,(H2,28,33)(H,30,37)(H,31,36)(H,32,38)(H,34,35). The third-order valence-electron chi connectivity index (χ3n) is 5.82. The van der Waals surface area contributed by atoms with Gasteiger partial charge in [0.25, 0.3) is 0 Å². The summed E-state index contributed by atoms with van der Waals surface area (Å²) >= 11 is 0. The zero-order valence-corrected chi connectivity index (χ0v) is 20.5. The van der Waals surface area contributed by atoms with Crippen molar-refractivity contribution in [2.24, 2.45) is 11.5 Å². The van der Waals surface area contributed by atoms with Crippen LogP contribution in [-0.4, -0.2) is 64.4 Å². The molecule has 0 aliphatic carbocycles. The number of fused-ring (bicyclic) bond motifs is 1. The lowest BCUT2D eigenvalue weighted by molar-refractivity contribution is -0.138. The van der Waals surface area contributed by atoms with E-state index in [1.165, 1.54) is 0 Å². The molecule has 0 radical (unpaired) electrons. The summed E-state index contributed by atoms with van der Waals surface area (Å²) in [7, 11) is 0. The molecule has 2 aromatic carbocycles. The van der Waals surface area contributed by atoms with E-state index >= 15 is 0 Å². The van der Waals surface area contributed by atoms with Crippen LogP contribution in [0.15, 0.2) is 60.8 Å². The number of carboxylic acid groups (broad SMARTS) is 1. The summed E-state index contributed by atoms with van der Waals surface area (Å²) in [5, 5.41) is 17.0. The molecule has 0 fully saturated rings. The van der Waals surface area contributed by atoms with Crippen LogP contribution in [0, 0.1) is 0 Å². The van der Waals surface area contributed by atoms with Crippen LogP contribution in [-0.2, 0) is 36.8 Å². The van der Waals surface area contributed by atoms with Gasteiger partial charge in [0.05, 0.1) is 12.5 Å². The van der Waals surface area contributed by atoms with Gasteiger partial charge in [-0.3, -0.25) is 24.0 Å². The van der Waals surface area contributed by atoms with Crippen molar-refractivity contribution in [3.8, 4) is 0 Å². The molecule has 3 rings (SSSR count). The zero-order valence-electron chi connectivity index (χ0n) is 20.5. The van der Waals surface area contributed by atoms with Crippen LogP contribution in [0.4, 0.5) is 0 Å². The largest absolute Gasteiger partial charge is 0.480 e. The van der Waals surface area contributed by atoms with E-state index in [4.69, 9.17) is 16.6 Å². The van der Waals surface area contributed by atoms with Gasteiger partial charge in [-0.05, 0) is 23.6 Å². The smallest absolute Gasteiger partial charge is 0.322 e. The maximum Gasteiger partial charge on any atom is 0.322 e. The van der Waals surface area contributed by atoms with Gasteiger partial charge in [0, 0.05) is 23.5 Å². The van der Waals surface area contributed by atoms with Gasteiger partial charge in [0.1, 0.15) is 18.6 Å². The molecule has 3 unspecified atom stereocenters. The van der Waals surface area contributed by atoms with Crippen molar-refractivity contribution in [1.29, 1.82) is 0 Å². The highest BCUT2D eigenvalue weighted by atomic mass is 16.4. The Morgan fingerprint density at radius 1 is 0.842 bits per heavy atom. The van der Waals surface area contributed by atoms with Gasteiger partial charge in [-0.1, -0.05) is 48.5 Å². The van der Waals surface area contributed by atoms with Crippen molar-refractivity contribution in [1.82, 2.24) is 20.9 Å². The Kier molecular flexibility index (Phi) is 9.54. The van der Waals surface area contributed by atoms with E-state index in [2.05, 4.69) is 20.9 Å². The zero-order chi connectivity index (χ0) is 27.7. The van der Waals surface area contributed by atoms with Gasteiger partial charge in [-0.15, -0.1) is 0 Å². The molecule has 0 aliphatic heterocycles. The average Bonchev–Trinajstić information content (AvgIpc) is 3.29. The molecule has 0 bridgehead atoms. The number of nitrogens with two attached hydrogens (primary N) is 2. The topological polar surface area (TPSA) is 209 Å². The van der Waals surface area contributed by atoms with Crippen molar-refractivity contribution in [3.05, 3.63) is 71.9 Å². The lowest BCUT2D eigenvalue weighted by Gasteiger charge is -2.23. The Balaban J connectivity index is 1.76. The number of rotatable bonds is 13. The molecule has 1 aromatic heterocycles. The van der Waals surface area contributed by atoms with Crippen molar-refractivity contribution in [2.75, 3.05) is 6.54 Å². The van der Waals surface area contributed by atoms with Crippen molar-refractivity contribution in [3.63, 3.8) is 0 Å². The molecule has 0 aliphatic rings. The van der Waals surface area contributed by atoms with Crippen LogP contribution in [0.2, 0.25) is 0 Å². The minimum absolute atomic E-state index is 0.00592. The van der Waals surface area contributed by atoms with E-state index in [0.29, 0.717) is 5.56 Å². The first-order chi connectivity index (χ1) is 18.1. The predicted molar refractivity (Wildman–Crippen MR) is 138 cm³/mol. The van der Waals surface area contributed by atoms with Crippen LogP contribution in [0.5, 0.6) is 0 Å². The Labute approximate surface area is 218 Å². The van der Waals surface area contributed by atoms with Crippen LogP contribution in [0.3, 0.4) is 0 Å². The maximum atomic E-state index is 13.2. The maximum absolute atomic E-state index is 13.2. The van der Waals surface area contributed by atoms with Gasteiger partial charge in [0.2, 0.25) is 23.6 Å². The molecule has 200 valence electrons. The summed E-state index contributed by atoms with van der Waals surface area (Å²) in [5.41, 5.74) is 13.6. The Morgan fingerprint density at radius 2 is 1.50 bits per heavy atom. The van der Waals surface area contributed by atoms with Crippen LogP contribution >= 0.6 is 0 Å². The van der Waals surface area contributed by atoms with Gasteiger partial charge >= 0.3 is 5.97 Å². The molecule has 9 N–H and O–H groups in total. The molecule has 12 nitrogen and oxygen atoms in total. The third-order valence-corrected chi connectivity index (χ3v) is 5.82. The fourth-order valence-corrected chi connectivity index (χ4v) is 3.94. The molecule has 4 amide bonds. The van der Waals surface area contributed by atoms with Crippen LogP contribution in [0.25, 0.3) is 10.9 Å². The molecule has 3 aromatic rings. The lowest BCUT2D eigenvalue weighted by Crippen LogP contribution is -2.57. The molecular formula is C26H30N6O6. The molecular weight excluding hydrogens is 492 g/mol. The number of aliphatic carboxylic acids is 1. The van der Waals surface area contributed by atoms with E-state index in [9.17, 15) is 24.0 Å². The first-order valence-electron chi connectivity index (χ1n) is 11.9. The average molecular weight is 523 g/mol. The first-order valence-corrected chi connectivity index (χ1v) is 11.9.